The Labute approximate surface area is 109 Å². The summed E-state index contributed by atoms with van der Waals surface area (Å²) in [6, 6.07) is 4.14. The van der Waals surface area contributed by atoms with Crippen LogP contribution >= 0.6 is 0 Å². The first-order valence-corrected chi connectivity index (χ1v) is 6.48. The molecule has 0 radical (unpaired) electrons. The van der Waals surface area contributed by atoms with Gasteiger partial charge in [0.15, 0.2) is 11.5 Å². The molecule has 0 fully saturated rings. The Morgan fingerprint density at radius 2 is 1.94 bits per heavy atom. The van der Waals surface area contributed by atoms with Crippen LogP contribution < -0.4 is 19.7 Å². The van der Waals surface area contributed by atoms with E-state index in [1.807, 2.05) is 7.05 Å². The van der Waals surface area contributed by atoms with Gasteiger partial charge in [-0.25, -0.2) is 0 Å². The van der Waals surface area contributed by atoms with Crippen LogP contribution in [0.3, 0.4) is 0 Å². The minimum atomic E-state index is 0.337. The Morgan fingerprint density at radius 1 is 1.22 bits per heavy atom. The second kappa shape index (κ2) is 5.96. The molecule has 4 heteroatoms. The maximum atomic E-state index is 5.43. The van der Waals surface area contributed by atoms with E-state index in [1.54, 1.807) is 0 Å². The molecule has 1 N–H and O–H groups in total. The van der Waals surface area contributed by atoms with E-state index in [0.29, 0.717) is 6.79 Å². The third-order valence-electron chi connectivity index (χ3n) is 3.27. The fourth-order valence-electron chi connectivity index (χ4n) is 2.22. The molecule has 0 saturated heterocycles. The summed E-state index contributed by atoms with van der Waals surface area (Å²) < 4.78 is 10.8. The summed E-state index contributed by atoms with van der Waals surface area (Å²) in [6.45, 7) is 4.58. The zero-order chi connectivity index (χ0) is 13.0. The topological polar surface area (TPSA) is 33.7 Å². The Morgan fingerprint density at radius 3 is 2.67 bits per heavy atom. The number of hydrogen-bond acceptors (Lipinski definition) is 4. The van der Waals surface area contributed by atoms with Crippen molar-refractivity contribution in [1.29, 1.82) is 0 Å². The summed E-state index contributed by atoms with van der Waals surface area (Å²) in [5.74, 6) is 1.72. The van der Waals surface area contributed by atoms with Gasteiger partial charge in [-0.2, -0.15) is 0 Å². The van der Waals surface area contributed by atoms with Crippen molar-refractivity contribution in [1.82, 2.24) is 5.32 Å². The van der Waals surface area contributed by atoms with Crippen LogP contribution in [-0.2, 0) is 0 Å². The quantitative estimate of drug-likeness (QED) is 0.784. The first kappa shape index (κ1) is 13.0. The van der Waals surface area contributed by atoms with Crippen LogP contribution in [0.25, 0.3) is 0 Å². The number of aryl methyl sites for hydroxylation is 1. The highest BCUT2D eigenvalue weighted by Crippen LogP contribution is 2.37. The number of rotatable bonds is 6. The van der Waals surface area contributed by atoms with Gasteiger partial charge in [0.2, 0.25) is 6.79 Å². The molecule has 100 valence electrons. The SMILES string of the molecule is CNCCCCN(C)c1cc2c(cc1C)OCO2. The van der Waals surface area contributed by atoms with Crippen LogP contribution in [0, 0.1) is 6.92 Å². The van der Waals surface area contributed by atoms with E-state index in [1.165, 1.54) is 24.1 Å². The molecule has 0 atom stereocenters. The van der Waals surface area contributed by atoms with Crippen LogP contribution in [-0.4, -0.2) is 34.0 Å². The van der Waals surface area contributed by atoms with Gasteiger partial charge >= 0.3 is 0 Å². The molecule has 0 bridgehead atoms. The van der Waals surface area contributed by atoms with Gasteiger partial charge in [0.25, 0.3) is 0 Å². The first-order valence-electron chi connectivity index (χ1n) is 6.48. The molecule has 1 aromatic carbocycles. The van der Waals surface area contributed by atoms with Gasteiger partial charge < -0.3 is 19.7 Å². The number of nitrogens with one attached hydrogen (secondary N) is 1. The minimum absolute atomic E-state index is 0.337. The second-order valence-electron chi connectivity index (χ2n) is 4.72. The molecular weight excluding hydrogens is 228 g/mol. The number of benzene rings is 1. The molecule has 2 rings (SSSR count). The van der Waals surface area contributed by atoms with Crippen molar-refractivity contribution in [3.05, 3.63) is 17.7 Å². The minimum Gasteiger partial charge on any atom is -0.454 e. The molecule has 0 saturated carbocycles. The van der Waals surface area contributed by atoms with Gasteiger partial charge in [-0.05, 0) is 45.0 Å². The van der Waals surface area contributed by atoms with E-state index < -0.39 is 0 Å². The summed E-state index contributed by atoms with van der Waals surface area (Å²) in [6.07, 6.45) is 2.38. The van der Waals surface area contributed by atoms with E-state index >= 15 is 0 Å². The third kappa shape index (κ3) is 2.88. The zero-order valence-corrected chi connectivity index (χ0v) is 11.5. The second-order valence-corrected chi connectivity index (χ2v) is 4.72. The van der Waals surface area contributed by atoms with Crippen molar-refractivity contribution in [2.24, 2.45) is 0 Å². The number of unbranched alkanes of at least 4 members (excludes halogenated alkanes) is 1. The lowest BCUT2D eigenvalue weighted by Crippen LogP contribution is -2.20. The van der Waals surface area contributed by atoms with Gasteiger partial charge in [0, 0.05) is 25.3 Å². The number of hydrogen-bond donors (Lipinski definition) is 1. The number of anilines is 1. The maximum Gasteiger partial charge on any atom is 0.231 e. The van der Waals surface area contributed by atoms with Crippen molar-refractivity contribution in [2.45, 2.75) is 19.8 Å². The molecule has 4 nitrogen and oxygen atoms in total. The average Bonchev–Trinajstić information content (AvgIpc) is 2.80. The molecule has 1 aliphatic rings. The lowest BCUT2D eigenvalue weighted by Gasteiger charge is -2.21. The van der Waals surface area contributed by atoms with Crippen molar-refractivity contribution >= 4 is 5.69 Å². The fourth-order valence-corrected chi connectivity index (χ4v) is 2.22. The molecule has 18 heavy (non-hydrogen) atoms. The lowest BCUT2D eigenvalue weighted by molar-refractivity contribution is 0.174. The van der Waals surface area contributed by atoms with Crippen molar-refractivity contribution < 1.29 is 9.47 Å². The van der Waals surface area contributed by atoms with Gasteiger partial charge in [0.05, 0.1) is 0 Å². The molecule has 0 spiro atoms. The molecule has 1 aliphatic heterocycles. The highest BCUT2D eigenvalue weighted by Gasteiger charge is 2.17. The van der Waals surface area contributed by atoms with Crippen molar-refractivity contribution in [2.75, 3.05) is 38.9 Å². The summed E-state index contributed by atoms with van der Waals surface area (Å²) in [5, 5.41) is 3.17. The summed E-state index contributed by atoms with van der Waals surface area (Å²) in [7, 11) is 4.12. The smallest absolute Gasteiger partial charge is 0.231 e. The van der Waals surface area contributed by atoms with Crippen LogP contribution in [0.5, 0.6) is 11.5 Å². The summed E-state index contributed by atoms with van der Waals surface area (Å²) in [4.78, 5) is 2.28. The lowest BCUT2D eigenvalue weighted by atomic mass is 10.1. The van der Waals surface area contributed by atoms with Gasteiger partial charge in [-0.15, -0.1) is 0 Å². The van der Waals surface area contributed by atoms with Crippen LogP contribution in [0.1, 0.15) is 18.4 Å². The van der Waals surface area contributed by atoms with Gasteiger partial charge in [-0.3, -0.25) is 0 Å². The molecule has 0 unspecified atom stereocenters. The van der Waals surface area contributed by atoms with E-state index in [2.05, 4.69) is 36.3 Å². The fraction of sp³-hybridized carbons (Fsp3) is 0.571. The molecular formula is C14H22N2O2. The highest BCUT2D eigenvalue weighted by molar-refractivity contribution is 5.61. The van der Waals surface area contributed by atoms with Crippen LogP contribution in [0.4, 0.5) is 5.69 Å². The molecule has 0 aliphatic carbocycles. The predicted octanol–water partition coefficient (Wildman–Crippen LogP) is 2.16. The molecule has 1 heterocycles. The number of ether oxygens (including phenoxy) is 2. The Bertz CT molecular complexity index is 407. The Balaban J connectivity index is 1.99. The van der Waals surface area contributed by atoms with Crippen molar-refractivity contribution in [3.8, 4) is 11.5 Å². The molecule has 1 aromatic rings. The summed E-state index contributed by atoms with van der Waals surface area (Å²) >= 11 is 0. The van der Waals surface area contributed by atoms with Crippen molar-refractivity contribution in [3.63, 3.8) is 0 Å². The van der Waals surface area contributed by atoms with E-state index in [0.717, 1.165) is 24.6 Å². The third-order valence-corrected chi connectivity index (χ3v) is 3.27. The first-order chi connectivity index (χ1) is 8.72. The van der Waals surface area contributed by atoms with E-state index in [4.69, 9.17) is 9.47 Å². The molecule has 0 aromatic heterocycles. The maximum absolute atomic E-state index is 5.43. The monoisotopic (exact) mass is 250 g/mol. The zero-order valence-electron chi connectivity index (χ0n) is 11.5. The average molecular weight is 250 g/mol. The predicted molar refractivity (Wildman–Crippen MR) is 73.7 cm³/mol. The van der Waals surface area contributed by atoms with Crippen LogP contribution in [0.15, 0.2) is 12.1 Å². The molecule has 0 amide bonds. The standard InChI is InChI=1S/C14H22N2O2/c1-11-8-13-14(18-10-17-13)9-12(11)16(3)7-5-4-6-15-2/h8-9,15H,4-7,10H2,1-3H3. The Kier molecular flexibility index (Phi) is 4.31. The normalized spacial score (nSPS) is 12.8. The number of fused-ring (bicyclic) bond motifs is 1. The largest absolute Gasteiger partial charge is 0.454 e. The Hall–Kier alpha value is -1.42. The van der Waals surface area contributed by atoms with Crippen LogP contribution in [0.2, 0.25) is 0 Å². The van der Waals surface area contributed by atoms with Gasteiger partial charge in [0.1, 0.15) is 0 Å². The highest BCUT2D eigenvalue weighted by atomic mass is 16.7. The van der Waals surface area contributed by atoms with E-state index in [-0.39, 0.29) is 0 Å². The summed E-state index contributed by atoms with van der Waals surface area (Å²) in [5.41, 5.74) is 2.46. The van der Waals surface area contributed by atoms with E-state index in [9.17, 15) is 0 Å². The van der Waals surface area contributed by atoms with Gasteiger partial charge in [-0.1, -0.05) is 0 Å². The number of nitrogens with zero attached hydrogens (tertiary/aromatic N) is 1.